The van der Waals surface area contributed by atoms with Crippen LogP contribution in [0.5, 0.6) is 0 Å². The van der Waals surface area contributed by atoms with Gasteiger partial charge in [-0.3, -0.25) is 0 Å². The molecule has 0 aliphatic rings. The van der Waals surface area contributed by atoms with Crippen LogP contribution in [0.4, 0.5) is 5.13 Å². The Balaban J connectivity index is 2.05. The van der Waals surface area contributed by atoms with Gasteiger partial charge in [-0.1, -0.05) is 0 Å². The molecule has 4 nitrogen and oxygen atoms in total. The Kier molecular flexibility index (Phi) is 5.01. The zero-order chi connectivity index (χ0) is 15.6. The Morgan fingerprint density at radius 1 is 1.19 bits per heavy atom. The highest BCUT2D eigenvalue weighted by atomic mass is 32.1. The fourth-order valence-corrected chi connectivity index (χ4v) is 3.64. The van der Waals surface area contributed by atoms with Crippen LogP contribution in [0.25, 0.3) is 0 Å². The quantitative estimate of drug-likeness (QED) is 0.909. The molecule has 0 radical (unpaired) electrons. The summed E-state index contributed by atoms with van der Waals surface area (Å²) in [5.74, 6) is 0. The molecule has 0 saturated heterocycles. The lowest BCUT2D eigenvalue weighted by Gasteiger charge is -2.20. The van der Waals surface area contributed by atoms with E-state index in [1.54, 1.807) is 22.7 Å². The van der Waals surface area contributed by atoms with Gasteiger partial charge < -0.3 is 10.2 Å². The van der Waals surface area contributed by atoms with Gasteiger partial charge in [0.05, 0.1) is 23.4 Å². The third-order valence-corrected chi connectivity index (χ3v) is 5.40. The fraction of sp³-hybridized carbons (Fsp3) is 0.600. The molecule has 0 atom stereocenters. The highest BCUT2D eigenvalue weighted by Gasteiger charge is 2.15. The van der Waals surface area contributed by atoms with Gasteiger partial charge in [-0.2, -0.15) is 0 Å². The van der Waals surface area contributed by atoms with Gasteiger partial charge in [-0.05, 0) is 34.6 Å². The summed E-state index contributed by atoms with van der Waals surface area (Å²) in [5.41, 5.74) is 4.28. The number of rotatable bonds is 5. The van der Waals surface area contributed by atoms with E-state index in [4.69, 9.17) is 4.98 Å². The average molecular weight is 325 g/mol. The molecule has 0 aliphatic heterocycles. The molecule has 0 aromatic carbocycles. The largest absolute Gasteiger partial charge is 0.346 e. The van der Waals surface area contributed by atoms with Gasteiger partial charge >= 0.3 is 0 Å². The summed E-state index contributed by atoms with van der Waals surface area (Å²) in [6.45, 7) is 12.4. The van der Waals surface area contributed by atoms with E-state index in [-0.39, 0.29) is 5.54 Å². The Labute approximate surface area is 135 Å². The van der Waals surface area contributed by atoms with Crippen LogP contribution in [-0.4, -0.2) is 22.6 Å². The van der Waals surface area contributed by atoms with Gasteiger partial charge in [0.15, 0.2) is 5.13 Å². The lowest BCUT2D eigenvalue weighted by atomic mass is 10.1. The van der Waals surface area contributed by atoms with Crippen molar-refractivity contribution in [1.29, 1.82) is 0 Å². The Bertz CT molecular complexity index is 595. The second kappa shape index (κ2) is 6.42. The van der Waals surface area contributed by atoms with Crippen molar-refractivity contribution < 1.29 is 0 Å². The Morgan fingerprint density at radius 2 is 1.90 bits per heavy atom. The standard InChI is InChI=1S/C15H24N4S2/c1-10-13(20-9-16-10)8-19(6)14-18-11(2)12(21-14)7-17-15(3,4)5/h9,17H,7-8H2,1-6H3. The van der Waals surface area contributed by atoms with Crippen molar-refractivity contribution >= 4 is 27.8 Å². The van der Waals surface area contributed by atoms with Crippen molar-refractivity contribution in [2.75, 3.05) is 11.9 Å². The number of anilines is 1. The molecular formula is C15H24N4S2. The number of hydrogen-bond donors (Lipinski definition) is 1. The summed E-state index contributed by atoms with van der Waals surface area (Å²) < 4.78 is 0. The van der Waals surface area contributed by atoms with Gasteiger partial charge in [0.25, 0.3) is 0 Å². The molecular weight excluding hydrogens is 300 g/mol. The molecule has 0 saturated carbocycles. The highest BCUT2D eigenvalue weighted by molar-refractivity contribution is 7.15. The molecule has 0 fully saturated rings. The monoisotopic (exact) mass is 324 g/mol. The molecule has 116 valence electrons. The van der Waals surface area contributed by atoms with Crippen LogP contribution in [0.2, 0.25) is 0 Å². The number of aryl methyl sites for hydroxylation is 2. The fourth-order valence-electron chi connectivity index (χ4n) is 1.85. The third kappa shape index (κ3) is 4.49. The first kappa shape index (κ1) is 16.4. The molecule has 0 spiro atoms. The minimum atomic E-state index is 0.127. The minimum Gasteiger partial charge on any atom is -0.346 e. The lowest BCUT2D eigenvalue weighted by Crippen LogP contribution is -2.34. The smallest absolute Gasteiger partial charge is 0.185 e. The van der Waals surface area contributed by atoms with Crippen LogP contribution in [0.1, 0.15) is 41.9 Å². The molecule has 21 heavy (non-hydrogen) atoms. The summed E-state index contributed by atoms with van der Waals surface area (Å²) in [6.07, 6.45) is 0. The topological polar surface area (TPSA) is 41.1 Å². The summed E-state index contributed by atoms with van der Waals surface area (Å²) in [6, 6.07) is 0. The normalized spacial score (nSPS) is 11.9. The van der Waals surface area contributed by atoms with Crippen LogP contribution < -0.4 is 10.2 Å². The van der Waals surface area contributed by atoms with E-state index in [1.807, 2.05) is 5.51 Å². The van der Waals surface area contributed by atoms with Gasteiger partial charge in [0.2, 0.25) is 0 Å². The van der Waals surface area contributed by atoms with E-state index >= 15 is 0 Å². The molecule has 2 aromatic heterocycles. The first-order chi connectivity index (χ1) is 9.76. The van der Waals surface area contributed by atoms with Crippen molar-refractivity contribution in [2.24, 2.45) is 0 Å². The van der Waals surface area contributed by atoms with Crippen LogP contribution in [-0.2, 0) is 13.1 Å². The zero-order valence-electron chi connectivity index (χ0n) is 13.6. The predicted molar refractivity (Wildman–Crippen MR) is 92.4 cm³/mol. The van der Waals surface area contributed by atoms with Gasteiger partial charge in [0, 0.05) is 28.9 Å². The van der Waals surface area contributed by atoms with Crippen LogP contribution in [0.15, 0.2) is 5.51 Å². The second-order valence-corrected chi connectivity index (χ2v) is 8.33. The molecule has 0 unspecified atom stereocenters. The SMILES string of the molecule is Cc1ncsc1CN(C)c1nc(C)c(CNC(C)(C)C)s1. The molecule has 0 bridgehead atoms. The van der Waals surface area contributed by atoms with Crippen LogP contribution in [0, 0.1) is 13.8 Å². The maximum atomic E-state index is 4.71. The lowest BCUT2D eigenvalue weighted by molar-refractivity contribution is 0.425. The van der Waals surface area contributed by atoms with E-state index in [1.165, 1.54) is 9.75 Å². The number of nitrogens with zero attached hydrogens (tertiary/aromatic N) is 3. The molecule has 2 aromatic rings. The van der Waals surface area contributed by atoms with E-state index in [2.05, 4.69) is 56.9 Å². The van der Waals surface area contributed by atoms with Crippen LogP contribution >= 0.6 is 22.7 Å². The number of nitrogens with one attached hydrogen (secondary N) is 1. The predicted octanol–water partition coefficient (Wildman–Crippen LogP) is 3.74. The van der Waals surface area contributed by atoms with Gasteiger partial charge in [-0.15, -0.1) is 22.7 Å². The van der Waals surface area contributed by atoms with E-state index in [0.717, 1.165) is 29.6 Å². The molecule has 0 amide bonds. The van der Waals surface area contributed by atoms with Crippen molar-refractivity contribution in [3.63, 3.8) is 0 Å². The van der Waals surface area contributed by atoms with Crippen molar-refractivity contribution in [3.8, 4) is 0 Å². The maximum Gasteiger partial charge on any atom is 0.185 e. The molecule has 6 heteroatoms. The first-order valence-corrected chi connectivity index (χ1v) is 8.77. The molecule has 2 rings (SSSR count). The van der Waals surface area contributed by atoms with Crippen molar-refractivity contribution in [1.82, 2.24) is 15.3 Å². The van der Waals surface area contributed by atoms with Crippen molar-refractivity contribution in [2.45, 2.75) is 53.2 Å². The van der Waals surface area contributed by atoms with E-state index in [9.17, 15) is 0 Å². The number of aromatic nitrogens is 2. The number of hydrogen-bond acceptors (Lipinski definition) is 6. The van der Waals surface area contributed by atoms with Crippen LogP contribution in [0.3, 0.4) is 0 Å². The Morgan fingerprint density at radius 3 is 2.48 bits per heavy atom. The molecule has 1 N–H and O–H groups in total. The average Bonchev–Trinajstić information content (AvgIpc) is 2.93. The minimum absolute atomic E-state index is 0.127. The first-order valence-electron chi connectivity index (χ1n) is 7.07. The van der Waals surface area contributed by atoms with Gasteiger partial charge in [-0.25, -0.2) is 9.97 Å². The van der Waals surface area contributed by atoms with E-state index < -0.39 is 0 Å². The van der Waals surface area contributed by atoms with E-state index in [0.29, 0.717) is 0 Å². The van der Waals surface area contributed by atoms with Crippen molar-refractivity contribution in [3.05, 3.63) is 26.7 Å². The third-order valence-electron chi connectivity index (χ3n) is 3.21. The summed E-state index contributed by atoms with van der Waals surface area (Å²) >= 11 is 3.48. The van der Waals surface area contributed by atoms with Gasteiger partial charge in [0.1, 0.15) is 0 Å². The highest BCUT2D eigenvalue weighted by Crippen LogP contribution is 2.27. The molecule has 2 heterocycles. The maximum absolute atomic E-state index is 4.71. The Hall–Kier alpha value is -0.980. The summed E-state index contributed by atoms with van der Waals surface area (Å²) in [5, 5.41) is 4.60. The number of thiazole rings is 2. The molecule has 0 aliphatic carbocycles. The summed E-state index contributed by atoms with van der Waals surface area (Å²) in [7, 11) is 2.10. The zero-order valence-corrected chi connectivity index (χ0v) is 15.3. The second-order valence-electron chi connectivity index (χ2n) is 6.33. The summed E-state index contributed by atoms with van der Waals surface area (Å²) in [4.78, 5) is 13.8.